The molecule has 0 bridgehead atoms. The topological polar surface area (TPSA) is 84.3 Å². The van der Waals surface area contributed by atoms with E-state index in [-0.39, 0.29) is 23.4 Å². The minimum atomic E-state index is -3.78. The number of amides is 1. The van der Waals surface area contributed by atoms with Crippen LogP contribution in [0.3, 0.4) is 0 Å². The Morgan fingerprint density at radius 1 is 1.23 bits per heavy atom. The Morgan fingerprint density at radius 2 is 1.94 bits per heavy atom. The van der Waals surface area contributed by atoms with Gasteiger partial charge >= 0.3 is 0 Å². The Balaban J connectivity index is 1.64. The van der Waals surface area contributed by atoms with Gasteiger partial charge in [0.15, 0.2) is 0 Å². The molecule has 1 fully saturated rings. The lowest BCUT2D eigenvalue weighted by atomic mass is 10.1. The van der Waals surface area contributed by atoms with Gasteiger partial charge in [-0.15, -0.1) is 11.3 Å². The number of rotatable bonds is 7. The molecule has 31 heavy (non-hydrogen) atoms. The predicted molar refractivity (Wildman–Crippen MR) is 121 cm³/mol. The molecule has 4 rings (SSSR count). The average molecular weight is 459 g/mol. The van der Waals surface area contributed by atoms with E-state index in [1.807, 2.05) is 54.5 Å². The van der Waals surface area contributed by atoms with Gasteiger partial charge in [-0.2, -0.15) is 0 Å². The summed E-state index contributed by atoms with van der Waals surface area (Å²) in [6.45, 7) is 5.31. The first kappa shape index (κ1) is 21.7. The highest BCUT2D eigenvalue weighted by Crippen LogP contribution is 2.29. The van der Waals surface area contributed by atoms with Crippen molar-refractivity contribution in [1.29, 1.82) is 0 Å². The van der Waals surface area contributed by atoms with Crippen LogP contribution in [0.25, 0.3) is 10.7 Å². The molecule has 1 aliphatic heterocycles. The number of likely N-dealkylation sites (tertiary alicyclic amines) is 1. The number of nitrogens with zero attached hydrogens (tertiary/aromatic N) is 3. The number of hydrogen-bond donors (Lipinski definition) is 1. The van der Waals surface area contributed by atoms with Crippen molar-refractivity contribution in [3.63, 3.8) is 0 Å². The van der Waals surface area contributed by atoms with Crippen LogP contribution in [0.15, 0.2) is 52.9 Å². The molecule has 0 unspecified atom stereocenters. The van der Waals surface area contributed by atoms with Gasteiger partial charge in [-0.05, 0) is 38.3 Å². The number of aromatic nitrogens is 2. The van der Waals surface area contributed by atoms with Crippen LogP contribution in [-0.4, -0.2) is 41.9 Å². The van der Waals surface area contributed by atoms with Gasteiger partial charge in [0, 0.05) is 36.4 Å². The van der Waals surface area contributed by atoms with Crippen LogP contribution in [-0.2, 0) is 21.4 Å². The quantitative estimate of drug-likeness (QED) is 0.587. The summed E-state index contributed by atoms with van der Waals surface area (Å²) >= 11 is 1.44. The number of aryl methyl sites for hydroxylation is 1. The second-order valence-corrected chi connectivity index (χ2v) is 10.4. The van der Waals surface area contributed by atoms with E-state index < -0.39 is 10.0 Å². The van der Waals surface area contributed by atoms with Gasteiger partial charge < -0.3 is 9.47 Å². The van der Waals surface area contributed by atoms with E-state index in [1.165, 1.54) is 11.3 Å². The number of carbonyl (C=O) groups excluding carboxylic acids is 1. The molecule has 0 saturated carbocycles. The summed E-state index contributed by atoms with van der Waals surface area (Å²) in [5, 5.41) is 2.61. The van der Waals surface area contributed by atoms with E-state index in [9.17, 15) is 13.2 Å². The van der Waals surface area contributed by atoms with Crippen molar-refractivity contribution in [2.45, 2.75) is 44.2 Å². The standard InChI is InChI=1S/C22H26N4O3S2/c1-16-15-30-22(23-16)20-12-19(13-26(20)14-21(27)25-10-6-7-11-25)31(28,29)24-17(2)18-8-4-3-5-9-18/h3-5,8-9,12-13,15,17,24H,6-7,10-11,14H2,1-2H3/t17-/m0/s1. The lowest BCUT2D eigenvalue weighted by Crippen LogP contribution is -2.31. The van der Waals surface area contributed by atoms with Crippen LogP contribution in [0.1, 0.15) is 37.1 Å². The highest BCUT2D eigenvalue weighted by Gasteiger charge is 2.25. The van der Waals surface area contributed by atoms with Crippen LogP contribution < -0.4 is 4.72 Å². The maximum Gasteiger partial charge on any atom is 0.242 e. The molecule has 9 heteroatoms. The highest BCUT2D eigenvalue weighted by atomic mass is 32.2. The van der Waals surface area contributed by atoms with Crippen LogP contribution in [0.2, 0.25) is 0 Å². The molecular weight excluding hydrogens is 432 g/mol. The third kappa shape index (κ3) is 4.89. The molecule has 0 radical (unpaired) electrons. The average Bonchev–Trinajstić information content (AvgIpc) is 3.49. The van der Waals surface area contributed by atoms with Crippen LogP contribution in [0, 0.1) is 6.92 Å². The lowest BCUT2D eigenvalue weighted by Gasteiger charge is -2.16. The van der Waals surface area contributed by atoms with Crippen molar-refractivity contribution < 1.29 is 13.2 Å². The highest BCUT2D eigenvalue weighted by molar-refractivity contribution is 7.89. The van der Waals surface area contributed by atoms with Gasteiger partial charge in [0.25, 0.3) is 0 Å². The molecule has 2 aromatic heterocycles. The van der Waals surface area contributed by atoms with E-state index in [1.54, 1.807) is 16.8 Å². The number of carbonyl (C=O) groups is 1. The molecule has 0 spiro atoms. The fourth-order valence-electron chi connectivity index (χ4n) is 3.73. The number of benzene rings is 1. The molecule has 3 heterocycles. The van der Waals surface area contributed by atoms with E-state index in [4.69, 9.17) is 0 Å². The monoisotopic (exact) mass is 458 g/mol. The Morgan fingerprint density at radius 3 is 2.58 bits per heavy atom. The van der Waals surface area contributed by atoms with Gasteiger partial charge in [0.1, 0.15) is 16.4 Å². The molecule has 1 N–H and O–H groups in total. The van der Waals surface area contributed by atoms with Crippen molar-refractivity contribution in [2.75, 3.05) is 13.1 Å². The number of hydrogen-bond acceptors (Lipinski definition) is 5. The molecule has 3 aromatic rings. The predicted octanol–water partition coefficient (Wildman–Crippen LogP) is 3.58. The maximum absolute atomic E-state index is 13.1. The van der Waals surface area contributed by atoms with Crippen LogP contribution in [0.5, 0.6) is 0 Å². The van der Waals surface area contributed by atoms with Gasteiger partial charge in [0.05, 0.1) is 5.69 Å². The van der Waals surface area contributed by atoms with E-state index in [0.717, 1.165) is 37.2 Å². The zero-order valence-corrected chi connectivity index (χ0v) is 19.2. The Kier molecular flexibility index (Phi) is 6.27. The van der Waals surface area contributed by atoms with E-state index in [2.05, 4.69) is 9.71 Å². The summed E-state index contributed by atoms with van der Waals surface area (Å²) in [5.41, 5.74) is 2.38. The molecular formula is C22H26N4O3S2. The smallest absolute Gasteiger partial charge is 0.242 e. The maximum atomic E-state index is 13.1. The molecule has 1 saturated heterocycles. The summed E-state index contributed by atoms with van der Waals surface area (Å²) in [6, 6.07) is 10.6. The summed E-state index contributed by atoms with van der Waals surface area (Å²) in [5.74, 6) is -0.00260. The van der Waals surface area contributed by atoms with Crippen molar-refractivity contribution in [1.82, 2.24) is 19.2 Å². The van der Waals surface area contributed by atoms with Crippen molar-refractivity contribution in [3.05, 3.63) is 59.2 Å². The summed E-state index contributed by atoms with van der Waals surface area (Å²) < 4.78 is 30.7. The second kappa shape index (κ2) is 8.94. The molecule has 0 aliphatic carbocycles. The van der Waals surface area contributed by atoms with E-state index >= 15 is 0 Å². The normalized spacial score (nSPS) is 15.4. The van der Waals surface area contributed by atoms with E-state index in [0.29, 0.717) is 10.7 Å². The Hall–Kier alpha value is -2.49. The van der Waals surface area contributed by atoms with Crippen molar-refractivity contribution in [2.24, 2.45) is 0 Å². The van der Waals surface area contributed by atoms with Crippen LogP contribution >= 0.6 is 11.3 Å². The number of thiazole rings is 1. The first-order chi connectivity index (χ1) is 14.8. The molecule has 7 nitrogen and oxygen atoms in total. The fraction of sp³-hybridized carbons (Fsp3) is 0.364. The SMILES string of the molecule is Cc1csc(-c2cc(S(=O)(=O)N[C@@H](C)c3ccccc3)cn2CC(=O)N2CCCC2)n1. The Bertz CT molecular complexity index is 1160. The molecule has 1 aromatic carbocycles. The van der Waals surface area contributed by atoms with Gasteiger partial charge in [-0.1, -0.05) is 30.3 Å². The zero-order chi connectivity index (χ0) is 22.0. The first-order valence-corrected chi connectivity index (χ1v) is 12.7. The second-order valence-electron chi connectivity index (χ2n) is 7.82. The molecule has 164 valence electrons. The summed E-state index contributed by atoms with van der Waals surface area (Å²) in [6.07, 6.45) is 3.56. The first-order valence-electron chi connectivity index (χ1n) is 10.3. The molecule has 1 aliphatic rings. The largest absolute Gasteiger partial charge is 0.341 e. The lowest BCUT2D eigenvalue weighted by molar-refractivity contribution is -0.130. The fourth-order valence-corrected chi connectivity index (χ4v) is 5.83. The Labute approximate surface area is 186 Å². The van der Waals surface area contributed by atoms with Crippen molar-refractivity contribution in [3.8, 4) is 10.7 Å². The van der Waals surface area contributed by atoms with Crippen molar-refractivity contribution >= 4 is 27.3 Å². The molecule has 1 amide bonds. The summed E-state index contributed by atoms with van der Waals surface area (Å²) in [4.78, 5) is 19.2. The minimum Gasteiger partial charge on any atom is -0.341 e. The van der Waals surface area contributed by atoms with Gasteiger partial charge in [-0.3, -0.25) is 4.79 Å². The third-order valence-electron chi connectivity index (χ3n) is 5.42. The number of sulfonamides is 1. The third-order valence-corrected chi connectivity index (χ3v) is 7.91. The molecule has 1 atom stereocenters. The zero-order valence-electron chi connectivity index (χ0n) is 17.6. The van der Waals surface area contributed by atoms with Gasteiger partial charge in [0.2, 0.25) is 15.9 Å². The number of nitrogens with one attached hydrogen (secondary N) is 1. The summed E-state index contributed by atoms with van der Waals surface area (Å²) in [7, 11) is -3.78. The minimum absolute atomic E-state index is 0.00260. The van der Waals surface area contributed by atoms with Gasteiger partial charge in [-0.25, -0.2) is 18.1 Å². The van der Waals surface area contributed by atoms with Crippen LogP contribution in [0.4, 0.5) is 0 Å².